The van der Waals surface area contributed by atoms with Gasteiger partial charge in [0.2, 0.25) is 5.28 Å². The Labute approximate surface area is 109 Å². The SMILES string of the molecule is Cc1cc2c(NC3CCCC3)nc(Cl)nc2s1. The highest BCUT2D eigenvalue weighted by molar-refractivity contribution is 7.18. The lowest BCUT2D eigenvalue weighted by Gasteiger charge is -2.13. The first-order chi connectivity index (χ1) is 8.22. The highest BCUT2D eigenvalue weighted by Crippen LogP contribution is 2.31. The van der Waals surface area contributed by atoms with Crippen LogP contribution in [0, 0.1) is 6.92 Å². The van der Waals surface area contributed by atoms with Gasteiger partial charge < -0.3 is 5.32 Å². The molecule has 1 N–H and O–H groups in total. The van der Waals surface area contributed by atoms with Crippen LogP contribution in [0.15, 0.2) is 6.07 Å². The number of rotatable bonds is 2. The van der Waals surface area contributed by atoms with Crippen molar-refractivity contribution in [2.24, 2.45) is 0 Å². The molecule has 0 bridgehead atoms. The van der Waals surface area contributed by atoms with Gasteiger partial charge in [-0.3, -0.25) is 0 Å². The maximum atomic E-state index is 5.96. The summed E-state index contributed by atoms with van der Waals surface area (Å²) in [6.45, 7) is 2.08. The lowest BCUT2D eigenvalue weighted by Crippen LogP contribution is -2.15. The Hall–Kier alpha value is -0.870. The maximum absolute atomic E-state index is 5.96. The normalized spacial score (nSPS) is 16.8. The highest BCUT2D eigenvalue weighted by atomic mass is 35.5. The first-order valence-corrected chi connectivity index (χ1v) is 7.12. The molecule has 1 aliphatic carbocycles. The second-order valence-corrected chi connectivity index (χ2v) is 6.12. The van der Waals surface area contributed by atoms with Crippen molar-refractivity contribution in [3.8, 4) is 0 Å². The molecule has 0 atom stereocenters. The summed E-state index contributed by atoms with van der Waals surface area (Å²) >= 11 is 7.63. The van der Waals surface area contributed by atoms with Crippen LogP contribution in [0.25, 0.3) is 10.2 Å². The van der Waals surface area contributed by atoms with E-state index in [1.807, 2.05) is 0 Å². The van der Waals surface area contributed by atoms with E-state index in [1.54, 1.807) is 11.3 Å². The number of nitrogens with zero attached hydrogens (tertiary/aromatic N) is 2. The van der Waals surface area contributed by atoms with Gasteiger partial charge in [0.1, 0.15) is 10.6 Å². The number of halogens is 1. The molecule has 0 radical (unpaired) electrons. The van der Waals surface area contributed by atoms with Crippen molar-refractivity contribution in [3.63, 3.8) is 0 Å². The minimum absolute atomic E-state index is 0.333. The van der Waals surface area contributed by atoms with Crippen molar-refractivity contribution in [1.29, 1.82) is 0 Å². The molecule has 0 unspecified atom stereocenters. The van der Waals surface area contributed by atoms with Crippen molar-refractivity contribution in [2.75, 3.05) is 5.32 Å². The van der Waals surface area contributed by atoms with Crippen LogP contribution in [-0.2, 0) is 0 Å². The van der Waals surface area contributed by atoms with Crippen LogP contribution in [0.5, 0.6) is 0 Å². The molecule has 1 fully saturated rings. The molecule has 0 amide bonds. The third-order valence-electron chi connectivity index (χ3n) is 3.18. The predicted octanol–water partition coefficient (Wildman–Crippen LogP) is 4.01. The standard InChI is InChI=1S/C12H14ClN3S/c1-7-6-9-10(14-8-4-2-3-5-8)15-12(13)16-11(9)17-7/h6,8H,2-5H2,1H3,(H,14,15,16). The van der Waals surface area contributed by atoms with Crippen LogP contribution in [0.3, 0.4) is 0 Å². The van der Waals surface area contributed by atoms with Gasteiger partial charge in [-0.15, -0.1) is 11.3 Å². The second kappa shape index (κ2) is 4.42. The summed E-state index contributed by atoms with van der Waals surface area (Å²) in [5.74, 6) is 0.899. The molecule has 0 saturated heterocycles. The fourth-order valence-corrected chi connectivity index (χ4v) is 3.49. The predicted molar refractivity (Wildman–Crippen MR) is 73.0 cm³/mol. The third kappa shape index (κ3) is 2.24. The number of nitrogens with one attached hydrogen (secondary N) is 1. The van der Waals surface area contributed by atoms with Crippen LogP contribution in [0.2, 0.25) is 5.28 Å². The number of thiophene rings is 1. The Morgan fingerprint density at radius 3 is 2.88 bits per heavy atom. The number of aromatic nitrogens is 2. The molecule has 90 valence electrons. The average molecular weight is 268 g/mol. The molecule has 2 aromatic rings. The van der Waals surface area contributed by atoms with Gasteiger partial charge in [0, 0.05) is 10.9 Å². The van der Waals surface area contributed by atoms with Crippen LogP contribution in [0.4, 0.5) is 5.82 Å². The zero-order valence-electron chi connectivity index (χ0n) is 9.66. The van der Waals surface area contributed by atoms with Gasteiger partial charge in [-0.05, 0) is 37.4 Å². The summed E-state index contributed by atoms with van der Waals surface area (Å²) in [5.41, 5.74) is 0. The average Bonchev–Trinajstić information content (AvgIpc) is 2.86. The molecule has 2 aromatic heterocycles. The van der Waals surface area contributed by atoms with Crippen molar-refractivity contribution in [2.45, 2.75) is 38.6 Å². The molecule has 0 aromatic carbocycles. The number of hydrogen-bond acceptors (Lipinski definition) is 4. The van der Waals surface area contributed by atoms with Crippen LogP contribution < -0.4 is 5.32 Å². The van der Waals surface area contributed by atoms with E-state index in [0.29, 0.717) is 11.3 Å². The molecule has 2 heterocycles. The summed E-state index contributed by atoms with van der Waals surface area (Å²) in [6, 6.07) is 2.68. The van der Waals surface area contributed by atoms with Crippen molar-refractivity contribution in [3.05, 3.63) is 16.2 Å². The molecular weight excluding hydrogens is 254 g/mol. The number of hydrogen-bond donors (Lipinski definition) is 1. The Balaban J connectivity index is 2.01. The summed E-state index contributed by atoms with van der Waals surface area (Å²) < 4.78 is 0. The van der Waals surface area contributed by atoms with Gasteiger partial charge in [0.15, 0.2) is 0 Å². The maximum Gasteiger partial charge on any atom is 0.225 e. The minimum Gasteiger partial charge on any atom is -0.367 e. The van der Waals surface area contributed by atoms with Gasteiger partial charge in [-0.25, -0.2) is 9.97 Å². The zero-order chi connectivity index (χ0) is 11.8. The van der Waals surface area contributed by atoms with E-state index in [-0.39, 0.29) is 0 Å². The topological polar surface area (TPSA) is 37.8 Å². The molecule has 0 aliphatic heterocycles. The van der Waals surface area contributed by atoms with Gasteiger partial charge >= 0.3 is 0 Å². The molecule has 3 rings (SSSR count). The first-order valence-electron chi connectivity index (χ1n) is 5.92. The van der Waals surface area contributed by atoms with Gasteiger partial charge in [0.25, 0.3) is 0 Å². The third-order valence-corrected chi connectivity index (χ3v) is 4.30. The smallest absolute Gasteiger partial charge is 0.225 e. The second-order valence-electron chi connectivity index (χ2n) is 4.54. The Bertz CT molecular complexity index is 546. The number of anilines is 1. The Kier molecular flexibility index (Phi) is 2.92. The van der Waals surface area contributed by atoms with Gasteiger partial charge in [-0.1, -0.05) is 12.8 Å². The van der Waals surface area contributed by atoms with Gasteiger partial charge in [-0.2, -0.15) is 0 Å². The highest BCUT2D eigenvalue weighted by Gasteiger charge is 2.17. The zero-order valence-corrected chi connectivity index (χ0v) is 11.2. The fourth-order valence-electron chi connectivity index (χ4n) is 2.39. The minimum atomic E-state index is 0.333. The molecule has 5 heteroatoms. The van der Waals surface area contributed by atoms with Crippen LogP contribution in [0.1, 0.15) is 30.6 Å². The van der Waals surface area contributed by atoms with E-state index in [9.17, 15) is 0 Å². The van der Waals surface area contributed by atoms with Crippen molar-refractivity contribution in [1.82, 2.24) is 9.97 Å². The quantitative estimate of drug-likeness (QED) is 0.836. The fraction of sp³-hybridized carbons (Fsp3) is 0.500. The van der Waals surface area contributed by atoms with Gasteiger partial charge in [0.05, 0.1) is 5.39 Å². The lowest BCUT2D eigenvalue weighted by molar-refractivity contribution is 0.751. The van der Waals surface area contributed by atoms with Crippen molar-refractivity contribution < 1.29 is 0 Å². The number of aryl methyl sites for hydroxylation is 1. The largest absolute Gasteiger partial charge is 0.367 e. The van der Waals surface area contributed by atoms with E-state index in [2.05, 4.69) is 28.3 Å². The number of fused-ring (bicyclic) bond motifs is 1. The Morgan fingerprint density at radius 2 is 2.12 bits per heavy atom. The Morgan fingerprint density at radius 1 is 1.35 bits per heavy atom. The monoisotopic (exact) mass is 267 g/mol. The first kappa shape index (κ1) is 11.2. The summed E-state index contributed by atoms with van der Waals surface area (Å²) in [4.78, 5) is 10.8. The van der Waals surface area contributed by atoms with E-state index in [1.165, 1.54) is 30.6 Å². The van der Waals surface area contributed by atoms with E-state index in [0.717, 1.165) is 16.0 Å². The molecule has 3 nitrogen and oxygen atoms in total. The summed E-state index contributed by atoms with van der Waals surface area (Å²) in [5, 5.41) is 4.94. The summed E-state index contributed by atoms with van der Waals surface area (Å²) in [6.07, 6.45) is 5.07. The van der Waals surface area contributed by atoms with Crippen LogP contribution in [-0.4, -0.2) is 16.0 Å². The summed E-state index contributed by atoms with van der Waals surface area (Å²) in [7, 11) is 0. The molecule has 0 spiro atoms. The lowest BCUT2D eigenvalue weighted by atomic mass is 10.2. The molecule has 17 heavy (non-hydrogen) atoms. The van der Waals surface area contributed by atoms with Crippen LogP contribution >= 0.6 is 22.9 Å². The molecule has 1 saturated carbocycles. The van der Waals surface area contributed by atoms with E-state index < -0.39 is 0 Å². The van der Waals surface area contributed by atoms with E-state index >= 15 is 0 Å². The van der Waals surface area contributed by atoms with Crippen molar-refractivity contribution >= 4 is 39.0 Å². The molecule has 1 aliphatic rings. The van der Waals surface area contributed by atoms with E-state index in [4.69, 9.17) is 11.6 Å². The molecular formula is C12H14ClN3S.